The summed E-state index contributed by atoms with van der Waals surface area (Å²) in [6.07, 6.45) is 2.83. The van der Waals surface area contributed by atoms with E-state index >= 15 is 0 Å². The van der Waals surface area contributed by atoms with Crippen molar-refractivity contribution in [3.63, 3.8) is 0 Å². The van der Waals surface area contributed by atoms with Crippen molar-refractivity contribution in [2.45, 2.75) is 51.0 Å². The van der Waals surface area contributed by atoms with Crippen LogP contribution in [0.4, 0.5) is 4.39 Å². The molecule has 0 unspecified atom stereocenters. The predicted molar refractivity (Wildman–Crippen MR) is 102 cm³/mol. The van der Waals surface area contributed by atoms with E-state index in [0.717, 1.165) is 37.5 Å². The molecule has 1 amide bonds. The number of amides is 1. The van der Waals surface area contributed by atoms with Crippen molar-refractivity contribution in [3.05, 3.63) is 29.6 Å². The first-order valence-corrected chi connectivity index (χ1v) is 10.9. The molecule has 1 heterocycles. The lowest BCUT2D eigenvalue weighted by atomic mass is 10.0. The molecule has 28 heavy (non-hydrogen) atoms. The lowest BCUT2D eigenvalue weighted by molar-refractivity contribution is -0.137. The first-order valence-electron chi connectivity index (χ1n) is 9.48. The summed E-state index contributed by atoms with van der Waals surface area (Å²) in [6.45, 7) is 5.90. The highest BCUT2D eigenvalue weighted by Gasteiger charge is 2.27. The molecule has 0 aromatic heterocycles. The molecule has 1 aliphatic rings. The van der Waals surface area contributed by atoms with Gasteiger partial charge >= 0.3 is 5.97 Å². The third kappa shape index (κ3) is 4.88. The number of carbonyl (C=O) groups is 2. The topological polar surface area (TPSA) is 84.0 Å². The van der Waals surface area contributed by atoms with Gasteiger partial charge in [0.15, 0.2) is 6.61 Å². The zero-order valence-electron chi connectivity index (χ0n) is 16.5. The molecule has 0 N–H and O–H groups in total. The van der Waals surface area contributed by atoms with Gasteiger partial charge in [-0.2, -0.15) is 4.31 Å². The molecule has 7 nitrogen and oxygen atoms in total. The molecule has 1 aliphatic heterocycles. The Bertz CT molecular complexity index is 824. The van der Waals surface area contributed by atoms with E-state index in [1.54, 1.807) is 18.7 Å². The number of carbonyl (C=O) groups excluding carboxylic acids is 2. The highest BCUT2D eigenvalue weighted by Crippen LogP contribution is 2.20. The number of piperidine rings is 1. The number of nitrogens with zero attached hydrogens (tertiary/aromatic N) is 2. The summed E-state index contributed by atoms with van der Waals surface area (Å²) in [6, 6.07) is 3.06. The highest BCUT2D eigenvalue weighted by atomic mass is 32.2. The molecule has 1 aromatic carbocycles. The molecule has 2 rings (SSSR count). The Morgan fingerprint density at radius 3 is 2.54 bits per heavy atom. The van der Waals surface area contributed by atoms with Crippen molar-refractivity contribution in [1.29, 1.82) is 0 Å². The summed E-state index contributed by atoms with van der Waals surface area (Å²) in [7, 11) is -3.85. The van der Waals surface area contributed by atoms with Crippen molar-refractivity contribution in [3.8, 4) is 0 Å². The summed E-state index contributed by atoms with van der Waals surface area (Å²) in [5.74, 6) is -2.30. The molecule has 0 saturated carbocycles. The smallest absolute Gasteiger partial charge is 0.341 e. The maximum atomic E-state index is 14.1. The van der Waals surface area contributed by atoms with Crippen LogP contribution in [0.3, 0.4) is 0 Å². The maximum Gasteiger partial charge on any atom is 0.341 e. The number of hydrogen-bond donors (Lipinski definition) is 0. The molecule has 0 bridgehead atoms. The van der Waals surface area contributed by atoms with Gasteiger partial charge in [0, 0.05) is 25.7 Å². The van der Waals surface area contributed by atoms with Gasteiger partial charge in [0.2, 0.25) is 10.0 Å². The first-order chi connectivity index (χ1) is 13.2. The third-order valence-electron chi connectivity index (χ3n) is 4.95. The SMILES string of the molecule is CCN(CC)S(=O)(=O)c1ccc(F)c(C(=O)OCC(=O)N2CCCC[C@@H]2C)c1. The van der Waals surface area contributed by atoms with Crippen LogP contribution in [-0.4, -0.2) is 61.8 Å². The molecular formula is C19H27FN2O5S. The van der Waals surface area contributed by atoms with Gasteiger partial charge in [-0.05, 0) is 44.4 Å². The number of rotatable bonds is 7. The number of sulfonamides is 1. The van der Waals surface area contributed by atoms with Crippen molar-refractivity contribution in [2.75, 3.05) is 26.2 Å². The number of hydrogen-bond acceptors (Lipinski definition) is 5. The Morgan fingerprint density at radius 2 is 1.93 bits per heavy atom. The van der Waals surface area contributed by atoms with E-state index in [2.05, 4.69) is 0 Å². The van der Waals surface area contributed by atoms with Crippen LogP contribution in [0.1, 0.15) is 50.4 Å². The Hall–Kier alpha value is -2.00. The quantitative estimate of drug-likeness (QED) is 0.640. The van der Waals surface area contributed by atoms with E-state index in [-0.39, 0.29) is 29.9 Å². The molecule has 1 saturated heterocycles. The van der Waals surface area contributed by atoms with E-state index in [9.17, 15) is 22.4 Å². The molecule has 0 radical (unpaired) electrons. The molecule has 9 heteroatoms. The van der Waals surface area contributed by atoms with Crippen LogP contribution in [0.2, 0.25) is 0 Å². The van der Waals surface area contributed by atoms with Gasteiger partial charge in [0.05, 0.1) is 10.5 Å². The van der Waals surface area contributed by atoms with Gasteiger partial charge < -0.3 is 9.64 Å². The largest absolute Gasteiger partial charge is 0.452 e. The molecule has 1 atom stereocenters. The van der Waals surface area contributed by atoms with Crippen molar-refractivity contribution < 1.29 is 27.1 Å². The molecule has 1 fully saturated rings. The zero-order chi connectivity index (χ0) is 20.9. The van der Waals surface area contributed by atoms with Crippen molar-refractivity contribution in [2.24, 2.45) is 0 Å². The Kier molecular flexibility index (Phi) is 7.54. The molecule has 0 spiro atoms. The van der Waals surface area contributed by atoms with E-state index in [1.165, 1.54) is 4.31 Å². The molecule has 0 aliphatic carbocycles. The second kappa shape index (κ2) is 9.47. The molecule has 156 valence electrons. The summed E-state index contributed by atoms with van der Waals surface area (Å²) in [4.78, 5) is 26.0. The fourth-order valence-corrected chi connectivity index (χ4v) is 4.78. The van der Waals surface area contributed by atoms with Gasteiger partial charge in [-0.15, -0.1) is 0 Å². The van der Waals surface area contributed by atoms with Crippen molar-refractivity contribution >= 4 is 21.9 Å². The lowest BCUT2D eigenvalue weighted by Gasteiger charge is -2.33. The number of esters is 1. The summed E-state index contributed by atoms with van der Waals surface area (Å²) < 4.78 is 45.4. The highest BCUT2D eigenvalue weighted by molar-refractivity contribution is 7.89. The fraction of sp³-hybridized carbons (Fsp3) is 0.579. The fourth-order valence-electron chi connectivity index (χ4n) is 3.29. The average molecular weight is 414 g/mol. The summed E-state index contributed by atoms with van der Waals surface area (Å²) >= 11 is 0. The van der Waals surface area contributed by atoms with Gasteiger partial charge in [-0.1, -0.05) is 13.8 Å². The van der Waals surface area contributed by atoms with Gasteiger partial charge in [-0.25, -0.2) is 17.6 Å². The van der Waals surface area contributed by atoms with Crippen LogP contribution >= 0.6 is 0 Å². The number of likely N-dealkylation sites (tertiary alicyclic amines) is 1. The normalized spacial score (nSPS) is 17.6. The van der Waals surface area contributed by atoms with Crippen LogP contribution in [0, 0.1) is 5.82 Å². The zero-order valence-corrected chi connectivity index (χ0v) is 17.3. The third-order valence-corrected chi connectivity index (χ3v) is 7.00. The Labute approximate surface area is 165 Å². The minimum atomic E-state index is -3.85. The first kappa shape index (κ1) is 22.3. The van der Waals surface area contributed by atoms with E-state index in [0.29, 0.717) is 6.54 Å². The van der Waals surface area contributed by atoms with Crippen LogP contribution in [0.15, 0.2) is 23.1 Å². The minimum Gasteiger partial charge on any atom is -0.452 e. The number of benzene rings is 1. The molecule has 1 aromatic rings. The Balaban J connectivity index is 2.14. The standard InChI is InChI=1S/C19H27FN2O5S/c1-4-21(5-2)28(25,26)15-9-10-17(20)16(12-15)19(24)27-13-18(23)22-11-7-6-8-14(22)3/h9-10,12,14H,4-8,11,13H2,1-3H3/t14-/m0/s1. The summed E-state index contributed by atoms with van der Waals surface area (Å²) in [5, 5.41) is 0. The van der Waals surface area contributed by atoms with Crippen LogP contribution in [0.5, 0.6) is 0 Å². The average Bonchev–Trinajstić information content (AvgIpc) is 2.67. The second-order valence-electron chi connectivity index (χ2n) is 6.74. The number of ether oxygens (including phenoxy) is 1. The van der Waals surface area contributed by atoms with Crippen LogP contribution < -0.4 is 0 Å². The minimum absolute atomic E-state index is 0.0687. The summed E-state index contributed by atoms with van der Waals surface area (Å²) in [5.41, 5.74) is -0.507. The van der Waals surface area contributed by atoms with Gasteiger partial charge in [0.1, 0.15) is 5.82 Å². The van der Waals surface area contributed by atoms with Gasteiger partial charge in [0.25, 0.3) is 5.91 Å². The lowest BCUT2D eigenvalue weighted by Crippen LogP contribution is -2.44. The van der Waals surface area contributed by atoms with E-state index < -0.39 is 34.0 Å². The van der Waals surface area contributed by atoms with Crippen LogP contribution in [-0.2, 0) is 19.6 Å². The van der Waals surface area contributed by atoms with Crippen LogP contribution in [0.25, 0.3) is 0 Å². The monoisotopic (exact) mass is 414 g/mol. The predicted octanol–water partition coefficient (Wildman–Crippen LogP) is 2.41. The van der Waals surface area contributed by atoms with E-state index in [1.807, 2.05) is 6.92 Å². The van der Waals surface area contributed by atoms with Gasteiger partial charge in [-0.3, -0.25) is 4.79 Å². The van der Waals surface area contributed by atoms with Crippen molar-refractivity contribution in [1.82, 2.24) is 9.21 Å². The number of halogens is 1. The van der Waals surface area contributed by atoms with E-state index in [4.69, 9.17) is 4.74 Å². The maximum absolute atomic E-state index is 14.1. The molecular weight excluding hydrogens is 387 g/mol. The second-order valence-corrected chi connectivity index (χ2v) is 8.68. The Morgan fingerprint density at radius 1 is 1.25 bits per heavy atom.